The first kappa shape index (κ1) is 7.96. The van der Waals surface area contributed by atoms with Crippen LogP contribution < -0.4 is 0 Å². The molecule has 0 aliphatic carbocycles. The maximum absolute atomic E-state index is 11.4. The fraction of sp³-hybridized carbons (Fsp3) is 0.500. The number of terminal acetylenes is 1. The quantitative estimate of drug-likeness (QED) is 0.397. The summed E-state index contributed by atoms with van der Waals surface area (Å²) in [5, 5.41) is 0. The van der Waals surface area contributed by atoms with E-state index in [1.54, 1.807) is 0 Å². The van der Waals surface area contributed by atoms with Gasteiger partial charge in [0.05, 0.1) is 0 Å². The molecule has 0 N–H and O–H groups in total. The maximum Gasteiger partial charge on any atom is 0.496 e. The molecule has 0 fully saturated rings. The van der Waals surface area contributed by atoms with Crippen LogP contribution >= 0.6 is 0 Å². The van der Waals surface area contributed by atoms with E-state index in [0.29, 0.717) is 0 Å². The van der Waals surface area contributed by atoms with Gasteiger partial charge >= 0.3 is 6.22 Å². The van der Waals surface area contributed by atoms with E-state index in [1.807, 2.05) is 0 Å². The number of halogens is 1. The Balaban J connectivity index is 3.91. The van der Waals surface area contributed by atoms with Crippen LogP contribution in [0.4, 0.5) is 9.18 Å². The standard InChI is InChI=1S/C6H7FO2/c1-4-6(2,3)9-5(7)8/h1H,2-3H3. The third-order valence-corrected chi connectivity index (χ3v) is 0.683. The van der Waals surface area contributed by atoms with Crippen molar-refractivity contribution in [1.29, 1.82) is 0 Å². The van der Waals surface area contributed by atoms with E-state index in [4.69, 9.17) is 6.42 Å². The molecule has 0 aromatic carbocycles. The smallest absolute Gasteiger partial charge is 0.421 e. The Hall–Kier alpha value is -1.04. The van der Waals surface area contributed by atoms with Crippen molar-refractivity contribution in [3.8, 4) is 12.3 Å². The van der Waals surface area contributed by atoms with Crippen molar-refractivity contribution in [3.05, 3.63) is 0 Å². The molecule has 3 heteroatoms. The molecule has 2 nitrogen and oxygen atoms in total. The van der Waals surface area contributed by atoms with Gasteiger partial charge in [0.2, 0.25) is 0 Å². The molecular weight excluding hydrogens is 123 g/mol. The molecule has 0 unspecified atom stereocenters. The summed E-state index contributed by atoms with van der Waals surface area (Å²) in [6.45, 7) is 2.84. The van der Waals surface area contributed by atoms with Crippen LogP contribution in [-0.2, 0) is 4.74 Å². The lowest BCUT2D eigenvalue weighted by atomic mass is 10.2. The minimum Gasteiger partial charge on any atom is -0.421 e. The monoisotopic (exact) mass is 130 g/mol. The van der Waals surface area contributed by atoms with Crippen LogP contribution in [0.15, 0.2) is 0 Å². The summed E-state index contributed by atoms with van der Waals surface area (Å²) >= 11 is 0. The molecule has 0 radical (unpaired) electrons. The fourth-order valence-corrected chi connectivity index (χ4v) is 0.230. The van der Waals surface area contributed by atoms with Crippen molar-refractivity contribution in [2.24, 2.45) is 0 Å². The lowest BCUT2D eigenvalue weighted by Gasteiger charge is -2.14. The molecule has 0 heterocycles. The summed E-state index contributed by atoms with van der Waals surface area (Å²) in [5.74, 6) is 2.09. The minimum atomic E-state index is -1.85. The van der Waals surface area contributed by atoms with E-state index in [-0.39, 0.29) is 0 Å². The van der Waals surface area contributed by atoms with Gasteiger partial charge in [0, 0.05) is 0 Å². The molecule has 0 saturated carbocycles. The zero-order chi connectivity index (χ0) is 7.49. The van der Waals surface area contributed by atoms with Crippen LogP contribution in [-0.4, -0.2) is 11.8 Å². The highest BCUT2D eigenvalue weighted by molar-refractivity contribution is 5.59. The van der Waals surface area contributed by atoms with Crippen LogP contribution in [0.25, 0.3) is 0 Å². The summed E-state index contributed by atoms with van der Waals surface area (Å²) in [4.78, 5) is 9.63. The van der Waals surface area contributed by atoms with Crippen LogP contribution in [0.5, 0.6) is 0 Å². The SMILES string of the molecule is C#CC(C)(C)OC(=O)F. The van der Waals surface area contributed by atoms with Gasteiger partial charge in [0.1, 0.15) is 0 Å². The van der Waals surface area contributed by atoms with Crippen LogP contribution in [0.2, 0.25) is 0 Å². The number of rotatable bonds is 1. The maximum atomic E-state index is 11.4. The van der Waals surface area contributed by atoms with Crippen molar-refractivity contribution in [2.45, 2.75) is 19.4 Å². The van der Waals surface area contributed by atoms with Gasteiger partial charge in [-0.25, -0.2) is 4.79 Å². The molecule has 9 heavy (non-hydrogen) atoms. The van der Waals surface area contributed by atoms with Crippen LogP contribution in [0, 0.1) is 12.3 Å². The molecule has 0 amide bonds. The first-order valence-corrected chi connectivity index (χ1v) is 2.34. The summed E-state index contributed by atoms with van der Waals surface area (Å²) in [6, 6.07) is 0. The Bertz CT molecular complexity index is 155. The molecule has 0 bridgehead atoms. The van der Waals surface area contributed by atoms with E-state index in [1.165, 1.54) is 13.8 Å². The largest absolute Gasteiger partial charge is 0.496 e. The van der Waals surface area contributed by atoms with Crippen LogP contribution in [0.1, 0.15) is 13.8 Å². The minimum absolute atomic E-state index is 1.13. The second kappa shape index (κ2) is 2.49. The highest BCUT2D eigenvalue weighted by Crippen LogP contribution is 2.07. The van der Waals surface area contributed by atoms with E-state index in [9.17, 15) is 9.18 Å². The summed E-state index contributed by atoms with van der Waals surface area (Å²) < 4.78 is 15.5. The molecule has 0 aliphatic heterocycles. The van der Waals surface area contributed by atoms with Crippen molar-refractivity contribution in [1.82, 2.24) is 0 Å². The second-order valence-corrected chi connectivity index (χ2v) is 1.99. The van der Waals surface area contributed by atoms with Crippen LogP contribution in [0.3, 0.4) is 0 Å². The van der Waals surface area contributed by atoms with Gasteiger partial charge in [-0.15, -0.1) is 10.8 Å². The molecule has 0 rings (SSSR count). The molecule has 0 aliphatic rings. The van der Waals surface area contributed by atoms with Gasteiger partial charge in [-0.2, -0.15) is 0 Å². The van der Waals surface area contributed by atoms with Gasteiger partial charge in [0.25, 0.3) is 0 Å². The van der Waals surface area contributed by atoms with Crippen molar-refractivity contribution in [3.63, 3.8) is 0 Å². The number of carbonyl (C=O) groups is 1. The molecule has 0 aromatic heterocycles. The lowest BCUT2D eigenvalue weighted by Crippen LogP contribution is -2.22. The summed E-state index contributed by atoms with van der Waals surface area (Å²) in [5.41, 5.74) is -1.13. The first-order valence-electron chi connectivity index (χ1n) is 2.34. The van der Waals surface area contributed by atoms with E-state index in [0.717, 1.165) is 0 Å². The second-order valence-electron chi connectivity index (χ2n) is 1.99. The highest BCUT2D eigenvalue weighted by atomic mass is 19.1. The molecule has 0 spiro atoms. The molecule has 0 atom stereocenters. The third kappa shape index (κ3) is 3.53. The summed E-state index contributed by atoms with van der Waals surface area (Å²) in [6.07, 6.45) is 3.01. The topological polar surface area (TPSA) is 26.3 Å². The fourth-order valence-electron chi connectivity index (χ4n) is 0.230. The Morgan fingerprint density at radius 3 is 2.33 bits per heavy atom. The predicted molar refractivity (Wildman–Crippen MR) is 30.5 cm³/mol. The Labute approximate surface area is 53.0 Å². The predicted octanol–water partition coefficient (Wildman–Crippen LogP) is 1.50. The molecule has 0 aromatic rings. The normalized spacial score (nSPS) is 10.0. The summed E-state index contributed by atoms with van der Waals surface area (Å²) in [7, 11) is 0. The Morgan fingerprint density at radius 2 is 2.22 bits per heavy atom. The van der Waals surface area contributed by atoms with Gasteiger partial charge in [-0.3, -0.25) is 0 Å². The molecule has 0 saturated heterocycles. The van der Waals surface area contributed by atoms with Gasteiger partial charge < -0.3 is 4.74 Å². The van der Waals surface area contributed by atoms with E-state index >= 15 is 0 Å². The Morgan fingerprint density at radius 1 is 1.78 bits per heavy atom. The molecular formula is C6H7FO2. The average molecular weight is 130 g/mol. The number of carbonyl (C=O) groups excluding carboxylic acids is 1. The van der Waals surface area contributed by atoms with Gasteiger partial charge in [-0.05, 0) is 13.8 Å². The van der Waals surface area contributed by atoms with Gasteiger partial charge in [0.15, 0.2) is 5.60 Å². The number of ether oxygens (including phenoxy) is 1. The third-order valence-electron chi connectivity index (χ3n) is 0.683. The first-order chi connectivity index (χ1) is 3.98. The lowest BCUT2D eigenvalue weighted by molar-refractivity contribution is 0.0579. The van der Waals surface area contributed by atoms with Crippen molar-refractivity contribution < 1.29 is 13.9 Å². The zero-order valence-corrected chi connectivity index (χ0v) is 5.27. The van der Waals surface area contributed by atoms with Crippen molar-refractivity contribution >= 4 is 6.22 Å². The Kier molecular flexibility index (Phi) is 2.20. The molecule has 50 valence electrons. The van der Waals surface area contributed by atoms with E-state index < -0.39 is 11.8 Å². The average Bonchev–Trinajstić information content (AvgIpc) is 1.63. The zero-order valence-electron chi connectivity index (χ0n) is 5.27. The van der Waals surface area contributed by atoms with Crippen molar-refractivity contribution in [2.75, 3.05) is 0 Å². The highest BCUT2D eigenvalue weighted by Gasteiger charge is 2.18. The number of hydrogen-bond acceptors (Lipinski definition) is 2. The van der Waals surface area contributed by atoms with Gasteiger partial charge in [-0.1, -0.05) is 5.92 Å². The number of hydrogen-bond donors (Lipinski definition) is 0. The van der Waals surface area contributed by atoms with E-state index in [2.05, 4.69) is 10.7 Å².